The maximum Gasteiger partial charge on any atom is 0.185 e. The van der Waals surface area contributed by atoms with Crippen LogP contribution in [0.25, 0.3) is 0 Å². The van der Waals surface area contributed by atoms with Gasteiger partial charge in [0.1, 0.15) is 0 Å². The quantitative estimate of drug-likeness (QED) is 0.716. The molecular formula is C10H15NO2S. The first-order valence-corrected chi connectivity index (χ1v) is 5.91. The molecule has 3 nitrogen and oxygen atoms in total. The summed E-state index contributed by atoms with van der Waals surface area (Å²) < 4.78 is 23.3. The second-order valence-electron chi connectivity index (χ2n) is 4.20. The molecule has 0 N–H and O–H groups in total. The summed E-state index contributed by atoms with van der Waals surface area (Å²) in [5, 5.41) is 0. The van der Waals surface area contributed by atoms with Crippen molar-refractivity contribution in [1.82, 2.24) is 4.98 Å². The van der Waals surface area contributed by atoms with Crippen molar-refractivity contribution in [3.63, 3.8) is 0 Å². The lowest BCUT2D eigenvalue weighted by molar-refractivity contribution is 0.559. The highest BCUT2D eigenvalue weighted by molar-refractivity contribution is 7.92. The first kappa shape index (κ1) is 11.2. The summed E-state index contributed by atoms with van der Waals surface area (Å²) in [4.78, 5) is 4.31. The maximum atomic E-state index is 12.0. The van der Waals surface area contributed by atoms with E-state index in [0.29, 0.717) is 10.6 Å². The molecule has 0 radical (unpaired) electrons. The van der Waals surface area contributed by atoms with Crippen LogP contribution in [0.15, 0.2) is 23.2 Å². The minimum absolute atomic E-state index is 0.326. The second-order valence-corrected chi connectivity index (χ2v) is 6.87. The van der Waals surface area contributed by atoms with Crippen LogP contribution in [-0.4, -0.2) is 18.1 Å². The van der Waals surface area contributed by atoms with E-state index in [1.165, 1.54) is 0 Å². The summed E-state index contributed by atoms with van der Waals surface area (Å²) in [5.41, 5.74) is 0.558. The van der Waals surface area contributed by atoms with Crippen LogP contribution in [0.2, 0.25) is 0 Å². The van der Waals surface area contributed by atoms with Crippen LogP contribution in [0.1, 0.15) is 26.5 Å². The van der Waals surface area contributed by atoms with Crippen molar-refractivity contribution >= 4 is 9.84 Å². The first-order chi connectivity index (χ1) is 6.27. The summed E-state index contributed by atoms with van der Waals surface area (Å²) in [6.07, 6.45) is 1.59. The van der Waals surface area contributed by atoms with E-state index in [4.69, 9.17) is 0 Å². The molecule has 0 amide bonds. The number of aromatic nitrogens is 1. The number of sulfone groups is 1. The SMILES string of the molecule is Cc1ncccc1S(=O)(=O)C(C)(C)C. The Morgan fingerprint density at radius 2 is 1.86 bits per heavy atom. The van der Waals surface area contributed by atoms with Gasteiger partial charge < -0.3 is 0 Å². The Bertz CT molecular complexity index is 430. The van der Waals surface area contributed by atoms with Crippen LogP contribution in [-0.2, 0) is 9.84 Å². The summed E-state index contributed by atoms with van der Waals surface area (Å²) in [5.74, 6) is 0. The number of hydrogen-bond acceptors (Lipinski definition) is 3. The molecule has 4 heteroatoms. The van der Waals surface area contributed by atoms with Gasteiger partial charge in [0, 0.05) is 6.20 Å². The Hall–Kier alpha value is -0.900. The minimum atomic E-state index is -3.27. The van der Waals surface area contributed by atoms with Crippen LogP contribution < -0.4 is 0 Å². The standard InChI is InChI=1S/C10H15NO2S/c1-8-9(6-5-7-11-8)14(12,13)10(2,3)4/h5-7H,1-4H3. The zero-order valence-corrected chi connectivity index (χ0v) is 9.72. The van der Waals surface area contributed by atoms with E-state index in [1.54, 1.807) is 46.0 Å². The Labute approximate surface area is 85.1 Å². The average molecular weight is 213 g/mol. The van der Waals surface area contributed by atoms with E-state index in [0.717, 1.165) is 0 Å². The number of aryl methyl sites for hydroxylation is 1. The molecule has 1 aromatic heterocycles. The van der Waals surface area contributed by atoms with Crippen molar-refractivity contribution < 1.29 is 8.42 Å². The monoisotopic (exact) mass is 213 g/mol. The van der Waals surface area contributed by atoms with E-state index in [-0.39, 0.29) is 0 Å². The molecule has 0 aliphatic carbocycles. The number of nitrogens with zero attached hydrogens (tertiary/aromatic N) is 1. The van der Waals surface area contributed by atoms with Crippen LogP contribution in [0.5, 0.6) is 0 Å². The van der Waals surface area contributed by atoms with Gasteiger partial charge in [-0.15, -0.1) is 0 Å². The van der Waals surface area contributed by atoms with Crippen LogP contribution in [0.3, 0.4) is 0 Å². The van der Waals surface area contributed by atoms with Crippen LogP contribution in [0, 0.1) is 6.92 Å². The number of pyridine rings is 1. The van der Waals surface area contributed by atoms with E-state index in [2.05, 4.69) is 4.98 Å². The van der Waals surface area contributed by atoms with Crippen molar-refractivity contribution in [2.24, 2.45) is 0 Å². The molecule has 1 aromatic rings. The predicted octanol–water partition coefficient (Wildman–Crippen LogP) is 1.96. The third-order valence-corrected chi connectivity index (χ3v) is 4.68. The summed E-state index contributed by atoms with van der Waals surface area (Å²) in [6, 6.07) is 3.24. The van der Waals surface area contributed by atoms with Gasteiger partial charge in [-0.25, -0.2) is 8.42 Å². The van der Waals surface area contributed by atoms with Crippen LogP contribution >= 0.6 is 0 Å². The van der Waals surface area contributed by atoms with Gasteiger partial charge in [-0.1, -0.05) is 0 Å². The fraction of sp³-hybridized carbons (Fsp3) is 0.500. The summed E-state index contributed by atoms with van der Waals surface area (Å²) in [6.45, 7) is 6.77. The summed E-state index contributed by atoms with van der Waals surface area (Å²) >= 11 is 0. The molecule has 0 aliphatic rings. The third kappa shape index (κ3) is 1.80. The fourth-order valence-corrected chi connectivity index (χ4v) is 2.44. The average Bonchev–Trinajstić information content (AvgIpc) is 2.02. The topological polar surface area (TPSA) is 47.0 Å². The first-order valence-electron chi connectivity index (χ1n) is 4.43. The lowest BCUT2D eigenvalue weighted by Gasteiger charge is -2.19. The Morgan fingerprint density at radius 1 is 1.29 bits per heavy atom. The molecule has 14 heavy (non-hydrogen) atoms. The van der Waals surface area contributed by atoms with Crippen molar-refractivity contribution in [3.8, 4) is 0 Å². The second kappa shape index (κ2) is 3.35. The predicted molar refractivity (Wildman–Crippen MR) is 55.9 cm³/mol. The zero-order valence-electron chi connectivity index (χ0n) is 8.90. The molecule has 0 fully saturated rings. The fourth-order valence-electron chi connectivity index (χ4n) is 1.08. The van der Waals surface area contributed by atoms with E-state index in [1.807, 2.05) is 0 Å². The minimum Gasteiger partial charge on any atom is -0.260 e. The molecule has 0 spiro atoms. The van der Waals surface area contributed by atoms with Gasteiger partial charge in [-0.3, -0.25) is 4.98 Å². The smallest absolute Gasteiger partial charge is 0.185 e. The van der Waals surface area contributed by atoms with E-state index in [9.17, 15) is 8.42 Å². The summed E-state index contributed by atoms with van der Waals surface area (Å²) in [7, 11) is -3.27. The van der Waals surface area contributed by atoms with Gasteiger partial charge in [-0.2, -0.15) is 0 Å². The molecule has 1 rings (SSSR count). The van der Waals surface area contributed by atoms with Gasteiger partial charge in [0.25, 0.3) is 0 Å². The third-order valence-electron chi connectivity index (χ3n) is 2.05. The van der Waals surface area contributed by atoms with Gasteiger partial charge in [0.05, 0.1) is 15.3 Å². The van der Waals surface area contributed by atoms with Crippen molar-refractivity contribution in [2.45, 2.75) is 37.3 Å². The van der Waals surface area contributed by atoms with Crippen molar-refractivity contribution in [2.75, 3.05) is 0 Å². The van der Waals surface area contributed by atoms with E-state index >= 15 is 0 Å². The van der Waals surface area contributed by atoms with E-state index < -0.39 is 14.6 Å². The van der Waals surface area contributed by atoms with Gasteiger partial charge in [0.2, 0.25) is 0 Å². The molecule has 0 saturated heterocycles. The highest BCUT2D eigenvalue weighted by Gasteiger charge is 2.32. The highest BCUT2D eigenvalue weighted by Crippen LogP contribution is 2.25. The largest absolute Gasteiger partial charge is 0.260 e. The number of hydrogen-bond donors (Lipinski definition) is 0. The Kier molecular flexibility index (Phi) is 2.67. The highest BCUT2D eigenvalue weighted by atomic mass is 32.2. The zero-order chi connectivity index (χ0) is 11.0. The molecule has 0 aromatic carbocycles. The molecule has 0 unspecified atom stereocenters. The molecule has 78 valence electrons. The van der Waals surface area contributed by atoms with Gasteiger partial charge in [-0.05, 0) is 39.8 Å². The molecule has 0 bridgehead atoms. The molecule has 0 atom stereocenters. The molecular weight excluding hydrogens is 198 g/mol. The van der Waals surface area contributed by atoms with Crippen LogP contribution in [0.4, 0.5) is 0 Å². The lowest BCUT2D eigenvalue weighted by Crippen LogP contribution is -2.28. The van der Waals surface area contributed by atoms with Crippen molar-refractivity contribution in [3.05, 3.63) is 24.0 Å². The van der Waals surface area contributed by atoms with Crippen molar-refractivity contribution in [1.29, 1.82) is 0 Å². The molecule has 0 saturated carbocycles. The lowest BCUT2D eigenvalue weighted by atomic mass is 10.3. The Balaban J connectivity index is 3.40. The van der Waals surface area contributed by atoms with Gasteiger partial charge >= 0.3 is 0 Å². The number of rotatable bonds is 1. The maximum absolute atomic E-state index is 12.0. The molecule has 0 aliphatic heterocycles. The van der Waals surface area contributed by atoms with Gasteiger partial charge in [0.15, 0.2) is 9.84 Å². The molecule has 1 heterocycles. The normalized spacial score (nSPS) is 12.9. The Morgan fingerprint density at radius 3 is 2.29 bits per heavy atom.